The highest BCUT2D eigenvalue weighted by atomic mass is 16.5. The van der Waals surface area contributed by atoms with Gasteiger partial charge in [-0.15, -0.1) is 0 Å². The molecule has 0 spiro atoms. The molecule has 162 valence electrons. The second kappa shape index (κ2) is 9.36. The fourth-order valence-electron chi connectivity index (χ4n) is 3.79. The molecule has 4 heteroatoms. The van der Waals surface area contributed by atoms with Crippen molar-refractivity contribution in [2.45, 2.75) is 0 Å². The number of hydrogen-bond acceptors (Lipinski definition) is 4. The van der Waals surface area contributed by atoms with Gasteiger partial charge in [0.2, 0.25) is 0 Å². The second-order valence-electron chi connectivity index (χ2n) is 7.52. The van der Waals surface area contributed by atoms with E-state index in [2.05, 4.69) is 33.6 Å². The number of methoxy groups -OCH3 is 2. The van der Waals surface area contributed by atoms with Crippen LogP contribution in [0.3, 0.4) is 0 Å². The standard InChI is InChI=1S/C30H20N2O2/c1-33-23-18-22(19-24(20-23)34-2)13-15-26-25(14-12-21-8-4-3-5-9-21)27-10-6-16-31-29(27)30-28(26)11-7-17-32-30/h3-11,16-20H,1-2H3. The third kappa shape index (κ3) is 4.13. The van der Waals surface area contributed by atoms with Crippen molar-refractivity contribution in [1.29, 1.82) is 0 Å². The van der Waals surface area contributed by atoms with Crippen LogP contribution in [0.25, 0.3) is 21.8 Å². The van der Waals surface area contributed by atoms with Crippen molar-refractivity contribution in [3.63, 3.8) is 0 Å². The summed E-state index contributed by atoms with van der Waals surface area (Å²) in [5.74, 6) is 14.7. The number of ether oxygens (including phenoxy) is 2. The molecule has 0 saturated carbocycles. The molecule has 3 aromatic carbocycles. The fraction of sp³-hybridized carbons (Fsp3) is 0.0667. The number of hydrogen-bond donors (Lipinski definition) is 0. The highest BCUT2D eigenvalue weighted by molar-refractivity contribution is 6.09. The summed E-state index contributed by atoms with van der Waals surface area (Å²) >= 11 is 0. The molecule has 2 aromatic heterocycles. The molecule has 5 rings (SSSR count). The number of aromatic nitrogens is 2. The predicted molar refractivity (Wildman–Crippen MR) is 135 cm³/mol. The van der Waals surface area contributed by atoms with E-state index in [4.69, 9.17) is 9.47 Å². The first kappa shape index (κ1) is 21.1. The van der Waals surface area contributed by atoms with Gasteiger partial charge in [-0.25, -0.2) is 0 Å². The van der Waals surface area contributed by atoms with Crippen molar-refractivity contribution in [1.82, 2.24) is 9.97 Å². The van der Waals surface area contributed by atoms with Crippen LogP contribution in [0, 0.1) is 23.7 Å². The van der Waals surface area contributed by atoms with Gasteiger partial charge in [-0.1, -0.05) is 41.9 Å². The lowest BCUT2D eigenvalue weighted by Gasteiger charge is -2.09. The van der Waals surface area contributed by atoms with Gasteiger partial charge in [0.1, 0.15) is 11.5 Å². The second-order valence-corrected chi connectivity index (χ2v) is 7.52. The molecule has 0 N–H and O–H groups in total. The molecular weight excluding hydrogens is 420 g/mol. The van der Waals surface area contributed by atoms with E-state index in [0.29, 0.717) is 11.5 Å². The quantitative estimate of drug-likeness (QED) is 0.265. The van der Waals surface area contributed by atoms with Gasteiger partial charge in [-0.2, -0.15) is 0 Å². The van der Waals surface area contributed by atoms with Crippen LogP contribution < -0.4 is 9.47 Å². The van der Waals surface area contributed by atoms with E-state index in [1.807, 2.05) is 72.8 Å². The summed E-state index contributed by atoms with van der Waals surface area (Å²) < 4.78 is 10.8. The van der Waals surface area contributed by atoms with Crippen LogP contribution in [-0.2, 0) is 0 Å². The van der Waals surface area contributed by atoms with Gasteiger partial charge in [-0.05, 0) is 48.5 Å². The van der Waals surface area contributed by atoms with Crippen LogP contribution in [-0.4, -0.2) is 24.2 Å². The molecule has 0 saturated heterocycles. The molecule has 0 aliphatic heterocycles. The van der Waals surface area contributed by atoms with Crippen LogP contribution in [0.2, 0.25) is 0 Å². The van der Waals surface area contributed by atoms with Gasteiger partial charge in [-0.3, -0.25) is 9.97 Å². The molecule has 0 aliphatic rings. The minimum Gasteiger partial charge on any atom is -0.497 e. The summed E-state index contributed by atoms with van der Waals surface area (Å²) in [6.07, 6.45) is 3.55. The van der Waals surface area contributed by atoms with Gasteiger partial charge in [0.15, 0.2) is 0 Å². The zero-order valence-electron chi connectivity index (χ0n) is 18.8. The van der Waals surface area contributed by atoms with Crippen molar-refractivity contribution < 1.29 is 9.47 Å². The number of fused-ring (bicyclic) bond motifs is 3. The van der Waals surface area contributed by atoms with Crippen molar-refractivity contribution in [2.24, 2.45) is 0 Å². The monoisotopic (exact) mass is 440 g/mol. The van der Waals surface area contributed by atoms with Crippen LogP contribution in [0.1, 0.15) is 22.3 Å². The predicted octanol–water partition coefficient (Wildman–Crippen LogP) is 5.60. The average Bonchev–Trinajstić information content (AvgIpc) is 2.91. The zero-order valence-corrected chi connectivity index (χ0v) is 18.8. The Morgan fingerprint density at radius 3 is 1.62 bits per heavy atom. The fourth-order valence-corrected chi connectivity index (χ4v) is 3.79. The molecule has 34 heavy (non-hydrogen) atoms. The lowest BCUT2D eigenvalue weighted by Crippen LogP contribution is -1.95. The maximum atomic E-state index is 5.40. The molecule has 0 bridgehead atoms. The zero-order chi connectivity index (χ0) is 23.3. The van der Waals surface area contributed by atoms with Crippen LogP contribution in [0.5, 0.6) is 11.5 Å². The Balaban J connectivity index is 1.79. The molecule has 4 nitrogen and oxygen atoms in total. The molecule has 5 aromatic rings. The van der Waals surface area contributed by atoms with E-state index >= 15 is 0 Å². The van der Waals surface area contributed by atoms with E-state index in [0.717, 1.165) is 44.1 Å². The van der Waals surface area contributed by atoms with Crippen LogP contribution >= 0.6 is 0 Å². The first-order valence-electron chi connectivity index (χ1n) is 10.7. The largest absolute Gasteiger partial charge is 0.497 e. The molecular formula is C30H20N2O2. The number of rotatable bonds is 2. The van der Waals surface area contributed by atoms with Crippen molar-refractivity contribution >= 4 is 21.8 Å². The molecule has 2 heterocycles. The number of nitrogens with zero attached hydrogens (tertiary/aromatic N) is 2. The van der Waals surface area contributed by atoms with Crippen molar-refractivity contribution in [3.05, 3.63) is 107 Å². The van der Waals surface area contributed by atoms with Crippen LogP contribution in [0.4, 0.5) is 0 Å². The minimum absolute atomic E-state index is 0.682. The third-order valence-electron chi connectivity index (χ3n) is 5.42. The highest BCUT2D eigenvalue weighted by Crippen LogP contribution is 2.30. The lowest BCUT2D eigenvalue weighted by atomic mass is 9.96. The third-order valence-corrected chi connectivity index (χ3v) is 5.42. The summed E-state index contributed by atoms with van der Waals surface area (Å²) in [6, 6.07) is 23.4. The molecule has 0 amide bonds. The van der Waals surface area contributed by atoms with E-state index in [1.165, 1.54) is 0 Å². The molecule has 0 radical (unpaired) electrons. The van der Waals surface area contributed by atoms with E-state index in [9.17, 15) is 0 Å². The molecule has 0 atom stereocenters. The van der Waals surface area contributed by atoms with E-state index < -0.39 is 0 Å². The van der Waals surface area contributed by atoms with E-state index in [1.54, 1.807) is 26.6 Å². The summed E-state index contributed by atoms with van der Waals surface area (Å²) in [5.41, 5.74) is 4.97. The average molecular weight is 441 g/mol. The van der Waals surface area contributed by atoms with Crippen molar-refractivity contribution in [3.8, 4) is 35.2 Å². The molecule has 0 aliphatic carbocycles. The topological polar surface area (TPSA) is 44.2 Å². The summed E-state index contributed by atoms with van der Waals surface area (Å²) in [7, 11) is 3.25. The van der Waals surface area contributed by atoms with Crippen molar-refractivity contribution in [2.75, 3.05) is 14.2 Å². The lowest BCUT2D eigenvalue weighted by molar-refractivity contribution is 0.394. The Hall–Kier alpha value is -4.80. The first-order chi connectivity index (χ1) is 16.8. The van der Waals surface area contributed by atoms with Crippen LogP contribution in [0.15, 0.2) is 85.2 Å². The Labute approximate surface area is 198 Å². The molecule has 0 unspecified atom stereocenters. The Morgan fingerprint density at radius 1 is 0.559 bits per heavy atom. The maximum Gasteiger partial charge on any atom is 0.123 e. The number of pyridine rings is 2. The number of benzene rings is 3. The van der Waals surface area contributed by atoms with Gasteiger partial charge >= 0.3 is 0 Å². The van der Waals surface area contributed by atoms with Gasteiger partial charge in [0, 0.05) is 40.4 Å². The van der Waals surface area contributed by atoms with Gasteiger partial charge < -0.3 is 9.47 Å². The smallest absolute Gasteiger partial charge is 0.123 e. The summed E-state index contributed by atoms with van der Waals surface area (Å²) in [5, 5.41) is 1.83. The SMILES string of the molecule is COc1cc(C#Cc2c(C#Cc3ccccc3)c3cccnc3c3ncccc23)cc(OC)c1. The normalized spacial score (nSPS) is 10.2. The maximum absolute atomic E-state index is 5.40. The Morgan fingerprint density at radius 2 is 1.09 bits per heavy atom. The minimum atomic E-state index is 0.682. The van der Waals surface area contributed by atoms with E-state index in [-0.39, 0.29) is 0 Å². The molecule has 0 fully saturated rings. The highest BCUT2D eigenvalue weighted by Gasteiger charge is 2.13. The van der Waals surface area contributed by atoms with Gasteiger partial charge in [0.25, 0.3) is 0 Å². The first-order valence-corrected chi connectivity index (χ1v) is 10.7. The Bertz CT molecular complexity index is 1610. The van der Waals surface area contributed by atoms with Gasteiger partial charge in [0.05, 0.1) is 36.4 Å². The Kier molecular flexibility index (Phi) is 5.80. The summed E-state index contributed by atoms with van der Waals surface area (Å²) in [6.45, 7) is 0. The summed E-state index contributed by atoms with van der Waals surface area (Å²) in [4.78, 5) is 9.24.